The van der Waals surface area contributed by atoms with E-state index in [-0.39, 0.29) is 17.5 Å². The van der Waals surface area contributed by atoms with E-state index >= 15 is 0 Å². The molecule has 2 aromatic heterocycles. The number of piperidine rings is 1. The highest BCUT2D eigenvalue weighted by Gasteiger charge is 2.40. The first-order chi connectivity index (χ1) is 17.1. The SMILES string of the molecule is CN(C)C1(c2cccs2)CCN(C(=O)CC(NCc2cccc3[nH]ccc23)c2ccccc2)CC1. The van der Waals surface area contributed by atoms with E-state index in [0.29, 0.717) is 13.0 Å². The second-order valence-electron chi connectivity index (χ2n) is 9.69. The van der Waals surface area contributed by atoms with Gasteiger partial charge in [-0.25, -0.2) is 0 Å². The molecule has 1 aliphatic rings. The van der Waals surface area contributed by atoms with E-state index < -0.39 is 0 Å². The van der Waals surface area contributed by atoms with Crippen molar-refractivity contribution in [3.63, 3.8) is 0 Å². The number of benzene rings is 2. The van der Waals surface area contributed by atoms with E-state index in [1.54, 1.807) is 0 Å². The monoisotopic (exact) mass is 486 g/mol. The Hall–Kier alpha value is -2.93. The van der Waals surface area contributed by atoms with Gasteiger partial charge in [-0.2, -0.15) is 0 Å². The van der Waals surface area contributed by atoms with Crippen molar-refractivity contribution >= 4 is 28.1 Å². The van der Waals surface area contributed by atoms with E-state index in [9.17, 15) is 4.79 Å². The average molecular weight is 487 g/mol. The van der Waals surface area contributed by atoms with Gasteiger partial charge in [0.2, 0.25) is 5.91 Å². The zero-order valence-corrected chi connectivity index (χ0v) is 21.4. The molecule has 0 spiro atoms. The van der Waals surface area contributed by atoms with Crippen LogP contribution in [0.15, 0.2) is 78.3 Å². The van der Waals surface area contributed by atoms with E-state index in [1.807, 2.05) is 23.6 Å². The Kier molecular flexibility index (Phi) is 7.04. The summed E-state index contributed by atoms with van der Waals surface area (Å²) in [5.41, 5.74) is 3.55. The lowest BCUT2D eigenvalue weighted by Crippen LogP contribution is -2.51. The Morgan fingerprint density at radius 2 is 1.86 bits per heavy atom. The smallest absolute Gasteiger partial charge is 0.224 e. The number of rotatable bonds is 8. The van der Waals surface area contributed by atoms with Gasteiger partial charge in [0.05, 0.1) is 5.54 Å². The topological polar surface area (TPSA) is 51.4 Å². The first-order valence-corrected chi connectivity index (χ1v) is 13.3. The molecule has 3 heterocycles. The van der Waals surface area contributed by atoms with Gasteiger partial charge in [-0.05, 0) is 61.6 Å². The number of hydrogen-bond donors (Lipinski definition) is 2. The summed E-state index contributed by atoms with van der Waals surface area (Å²) in [5, 5.41) is 7.07. The summed E-state index contributed by atoms with van der Waals surface area (Å²) in [7, 11) is 4.33. The maximum absolute atomic E-state index is 13.5. The summed E-state index contributed by atoms with van der Waals surface area (Å²) in [6, 6.07) is 23.1. The number of H-pyrrole nitrogens is 1. The van der Waals surface area contributed by atoms with Crippen molar-refractivity contribution in [2.75, 3.05) is 27.2 Å². The lowest BCUT2D eigenvalue weighted by atomic mass is 9.84. The van der Waals surface area contributed by atoms with E-state index in [4.69, 9.17) is 0 Å². The third-order valence-corrected chi connectivity index (χ3v) is 8.65. The van der Waals surface area contributed by atoms with Crippen LogP contribution in [0.3, 0.4) is 0 Å². The third-order valence-electron chi connectivity index (χ3n) is 7.58. The van der Waals surface area contributed by atoms with Gasteiger partial charge in [-0.1, -0.05) is 48.5 Å². The number of amides is 1. The van der Waals surface area contributed by atoms with Crippen LogP contribution in [0.1, 0.15) is 41.3 Å². The van der Waals surface area contributed by atoms with Crippen LogP contribution in [0.25, 0.3) is 10.9 Å². The number of nitrogens with one attached hydrogen (secondary N) is 2. The molecule has 0 bridgehead atoms. The first-order valence-electron chi connectivity index (χ1n) is 12.4. The van der Waals surface area contributed by atoms with Crippen molar-refractivity contribution in [3.8, 4) is 0 Å². The highest BCUT2D eigenvalue weighted by molar-refractivity contribution is 7.10. The maximum Gasteiger partial charge on any atom is 0.224 e. The second-order valence-corrected chi connectivity index (χ2v) is 10.6. The quantitative estimate of drug-likeness (QED) is 0.344. The Balaban J connectivity index is 1.28. The molecule has 6 heteroatoms. The van der Waals surface area contributed by atoms with Gasteiger partial charge >= 0.3 is 0 Å². The molecule has 2 aromatic carbocycles. The molecule has 1 amide bonds. The van der Waals surface area contributed by atoms with Crippen LogP contribution in [0.4, 0.5) is 0 Å². The minimum atomic E-state index is -0.0317. The lowest BCUT2D eigenvalue weighted by molar-refractivity contribution is -0.134. The third kappa shape index (κ3) is 4.92. The van der Waals surface area contributed by atoms with Crippen LogP contribution >= 0.6 is 11.3 Å². The number of hydrogen-bond acceptors (Lipinski definition) is 4. The number of carbonyl (C=O) groups excluding carboxylic acids is 1. The number of likely N-dealkylation sites (tertiary alicyclic amines) is 1. The fourth-order valence-electron chi connectivity index (χ4n) is 5.42. The van der Waals surface area contributed by atoms with Crippen molar-refractivity contribution in [1.29, 1.82) is 0 Å². The molecule has 2 N–H and O–H groups in total. The van der Waals surface area contributed by atoms with Crippen LogP contribution in [0.5, 0.6) is 0 Å². The summed E-state index contributed by atoms with van der Waals surface area (Å²) in [5.74, 6) is 0.227. The van der Waals surface area contributed by atoms with Gasteiger partial charge in [-0.15, -0.1) is 11.3 Å². The van der Waals surface area contributed by atoms with E-state index in [2.05, 4.69) is 100 Å². The average Bonchev–Trinajstić information content (AvgIpc) is 3.60. The van der Waals surface area contributed by atoms with Gasteiger partial charge in [0.15, 0.2) is 0 Å². The van der Waals surface area contributed by atoms with Crippen LogP contribution in [-0.2, 0) is 16.9 Å². The van der Waals surface area contributed by atoms with Crippen molar-refractivity contribution in [1.82, 2.24) is 20.1 Å². The molecule has 5 nitrogen and oxygen atoms in total. The largest absolute Gasteiger partial charge is 0.361 e. The van der Waals surface area contributed by atoms with Crippen molar-refractivity contribution in [3.05, 3.63) is 94.3 Å². The molecule has 1 fully saturated rings. The predicted octanol–water partition coefficient (Wildman–Crippen LogP) is 5.53. The van der Waals surface area contributed by atoms with Crippen molar-refractivity contribution in [2.45, 2.75) is 37.4 Å². The summed E-state index contributed by atoms with van der Waals surface area (Å²) in [6.45, 7) is 2.29. The number of fused-ring (bicyclic) bond motifs is 1. The van der Waals surface area contributed by atoms with Gasteiger partial charge in [-0.3, -0.25) is 9.69 Å². The second kappa shape index (κ2) is 10.4. The molecule has 182 valence electrons. The Bertz CT molecular complexity index is 1240. The molecule has 5 rings (SSSR count). The van der Waals surface area contributed by atoms with Crippen LogP contribution < -0.4 is 5.32 Å². The van der Waals surface area contributed by atoms with Gasteiger partial charge < -0.3 is 15.2 Å². The summed E-state index contributed by atoms with van der Waals surface area (Å²) >= 11 is 1.82. The van der Waals surface area contributed by atoms with Crippen molar-refractivity contribution < 1.29 is 4.79 Å². The van der Waals surface area contributed by atoms with E-state index in [1.165, 1.54) is 15.8 Å². The highest BCUT2D eigenvalue weighted by atomic mass is 32.1. The number of carbonyl (C=O) groups is 1. The van der Waals surface area contributed by atoms with E-state index in [0.717, 1.165) is 37.0 Å². The Morgan fingerprint density at radius 3 is 2.57 bits per heavy atom. The van der Waals surface area contributed by atoms with Crippen LogP contribution in [-0.4, -0.2) is 47.9 Å². The zero-order valence-electron chi connectivity index (χ0n) is 20.5. The molecule has 1 aliphatic heterocycles. The van der Waals surface area contributed by atoms with Crippen LogP contribution in [0.2, 0.25) is 0 Å². The maximum atomic E-state index is 13.5. The number of nitrogens with zero attached hydrogens (tertiary/aromatic N) is 2. The van der Waals surface area contributed by atoms with Crippen LogP contribution in [0, 0.1) is 0 Å². The lowest BCUT2D eigenvalue weighted by Gasteiger charge is -2.46. The Labute approximate surface area is 211 Å². The minimum Gasteiger partial charge on any atom is -0.361 e. The molecule has 1 unspecified atom stereocenters. The molecule has 1 saturated heterocycles. The molecule has 0 aliphatic carbocycles. The van der Waals surface area contributed by atoms with Crippen molar-refractivity contribution in [2.24, 2.45) is 0 Å². The minimum absolute atomic E-state index is 0.0251. The predicted molar refractivity (Wildman–Crippen MR) is 144 cm³/mol. The molecule has 35 heavy (non-hydrogen) atoms. The normalized spacial score (nSPS) is 16.6. The molecular weight excluding hydrogens is 452 g/mol. The summed E-state index contributed by atoms with van der Waals surface area (Å²) < 4.78 is 0. The number of thiophene rings is 1. The summed E-state index contributed by atoms with van der Waals surface area (Å²) in [6.07, 6.45) is 4.37. The fraction of sp³-hybridized carbons (Fsp3) is 0.345. The zero-order chi connectivity index (χ0) is 24.3. The molecule has 4 aromatic rings. The fourth-order valence-corrected chi connectivity index (χ4v) is 6.49. The molecule has 0 saturated carbocycles. The molecular formula is C29H34N4OS. The standard InChI is InChI=1S/C29H34N4OS/c1-32(2)29(27-12-7-19-35-27)14-17-33(18-15-29)28(34)20-26(22-8-4-3-5-9-22)31-21-23-10-6-11-25-24(23)13-16-30-25/h3-13,16,19,26,30-31H,14-15,17-18,20-21H2,1-2H3. The number of aromatic amines is 1. The summed E-state index contributed by atoms with van der Waals surface area (Å²) in [4.78, 5) is 22.6. The van der Waals surface area contributed by atoms with Gasteiger partial charge in [0.25, 0.3) is 0 Å². The van der Waals surface area contributed by atoms with Gasteiger partial charge in [0.1, 0.15) is 0 Å². The Morgan fingerprint density at radius 1 is 1.06 bits per heavy atom. The molecule has 0 radical (unpaired) electrons. The molecule has 1 atom stereocenters. The van der Waals surface area contributed by atoms with Gasteiger partial charge in [0, 0.05) is 54.1 Å². The first kappa shape index (κ1) is 23.8. The number of aromatic nitrogens is 1. The highest BCUT2D eigenvalue weighted by Crippen LogP contribution is 2.40.